The van der Waals surface area contributed by atoms with Gasteiger partial charge in [0, 0.05) is 5.02 Å². The van der Waals surface area contributed by atoms with E-state index in [0.717, 1.165) is 11.1 Å². The molecule has 9 heteroatoms. The predicted molar refractivity (Wildman–Crippen MR) is 136 cm³/mol. The van der Waals surface area contributed by atoms with Crippen LogP contribution in [0.5, 0.6) is 11.5 Å². The molecule has 0 radical (unpaired) electrons. The van der Waals surface area contributed by atoms with Crippen molar-refractivity contribution in [3.63, 3.8) is 0 Å². The van der Waals surface area contributed by atoms with E-state index in [-0.39, 0.29) is 5.91 Å². The van der Waals surface area contributed by atoms with E-state index in [2.05, 4.69) is 10.3 Å². The zero-order chi connectivity index (χ0) is 23.4. The van der Waals surface area contributed by atoms with Crippen LogP contribution in [0.4, 0.5) is 5.69 Å². The number of hydrogen-bond acceptors (Lipinski definition) is 5. The van der Waals surface area contributed by atoms with Crippen LogP contribution in [-0.4, -0.2) is 18.2 Å². The predicted octanol–water partition coefficient (Wildman–Crippen LogP) is 7.13. The van der Waals surface area contributed by atoms with Crippen molar-refractivity contribution >= 4 is 69.4 Å². The monoisotopic (exact) mass is 518 g/mol. The zero-order valence-electron chi connectivity index (χ0n) is 17.3. The number of hydrogen-bond donors (Lipinski definition) is 1. The molecular formula is C24H17Cl3N2O3S. The largest absolute Gasteiger partial charge is 0.493 e. The van der Waals surface area contributed by atoms with Gasteiger partial charge in [0.05, 0.1) is 27.7 Å². The van der Waals surface area contributed by atoms with Crippen LogP contribution in [0, 0.1) is 0 Å². The molecule has 0 bridgehead atoms. The lowest BCUT2D eigenvalue weighted by atomic mass is 10.2. The second kappa shape index (κ2) is 10.5. The summed E-state index contributed by atoms with van der Waals surface area (Å²) in [5.74, 6) is 0.923. The van der Waals surface area contributed by atoms with Crippen molar-refractivity contribution in [2.45, 2.75) is 6.61 Å². The van der Waals surface area contributed by atoms with E-state index in [0.29, 0.717) is 48.9 Å². The Hall–Kier alpha value is -2.64. The van der Waals surface area contributed by atoms with E-state index in [4.69, 9.17) is 44.3 Å². The molecule has 1 fully saturated rings. The SMILES string of the molecule is COc1cc(/C=C2\SC(=Nc3ccc(Cl)c(Cl)c3)NC2=O)ccc1OCc1ccc(Cl)cc1. The minimum Gasteiger partial charge on any atom is -0.493 e. The number of amides is 1. The smallest absolute Gasteiger partial charge is 0.264 e. The molecule has 5 nitrogen and oxygen atoms in total. The Bertz CT molecular complexity index is 1260. The molecule has 3 aromatic rings. The highest BCUT2D eigenvalue weighted by molar-refractivity contribution is 8.18. The normalized spacial score (nSPS) is 15.7. The van der Waals surface area contributed by atoms with E-state index in [1.54, 1.807) is 31.4 Å². The third-order valence-corrected chi connectivity index (χ3v) is 6.48. The Morgan fingerprint density at radius 2 is 1.76 bits per heavy atom. The summed E-state index contributed by atoms with van der Waals surface area (Å²) in [7, 11) is 1.57. The van der Waals surface area contributed by atoms with Crippen LogP contribution in [0.3, 0.4) is 0 Å². The summed E-state index contributed by atoms with van der Waals surface area (Å²) in [6.45, 7) is 0.376. The third-order valence-electron chi connectivity index (χ3n) is 4.58. The summed E-state index contributed by atoms with van der Waals surface area (Å²) < 4.78 is 11.4. The fourth-order valence-electron chi connectivity index (χ4n) is 2.94. The van der Waals surface area contributed by atoms with Crippen molar-refractivity contribution in [3.8, 4) is 11.5 Å². The molecule has 1 N–H and O–H groups in total. The molecule has 1 saturated heterocycles. The molecule has 0 atom stereocenters. The Morgan fingerprint density at radius 3 is 2.48 bits per heavy atom. The van der Waals surface area contributed by atoms with Gasteiger partial charge < -0.3 is 14.8 Å². The van der Waals surface area contributed by atoms with Crippen LogP contribution in [-0.2, 0) is 11.4 Å². The summed E-state index contributed by atoms with van der Waals surface area (Å²) in [6, 6.07) is 17.9. The quantitative estimate of drug-likeness (QED) is 0.352. The second-order valence-electron chi connectivity index (χ2n) is 6.91. The highest BCUT2D eigenvalue weighted by Crippen LogP contribution is 2.33. The number of halogens is 3. The number of benzene rings is 3. The fraction of sp³-hybridized carbons (Fsp3) is 0.0833. The van der Waals surface area contributed by atoms with Crippen LogP contribution in [0.1, 0.15) is 11.1 Å². The maximum absolute atomic E-state index is 12.4. The Labute approximate surface area is 210 Å². The van der Waals surface area contributed by atoms with Gasteiger partial charge in [-0.3, -0.25) is 4.79 Å². The first-order valence-electron chi connectivity index (χ1n) is 9.71. The van der Waals surface area contributed by atoms with Crippen molar-refractivity contribution < 1.29 is 14.3 Å². The number of aliphatic imine (C=N–C) groups is 1. The zero-order valence-corrected chi connectivity index (χ0v) is 20.4. The molecule has 4 rings (SSSR count). The fourth-order valence-corrected chi connectivity index (χ4v) is 4.20. The highest BCUT2D eigenvalue weighted by atomic mass is 35.5. The number of thioether (sulfide) groups is 1. The van der Waals surface area contributed by atoms with E-state index in [9.17, 15) is 4.79 Å². The minimum absolute atomic E-state index is 0.235. The van der Waals surface area contributed by atoms with Gasteiger partial charge in [-0.15, -0.1) is 0 Å². The van der Waals surface area contributed by atoms with Gasteiger partial charge in [0.15, 0.2) is 16.7 Å². The molecule has 0 saturated carbocycles. The van der Waals surface area contributed by atoms with Crippen molar-refractivity contribution in [1.82, 2.24) is 5.32 Å². The average Bonchev–Trinajstić information content (AvgIpc) is 3.14. The molecule has 1 amide bonds. The molecule has 0 aliphatic carbocycles. The lowest BCUT2D eigenvalue weighted by Gasteiger charge is -2.11. The summed E-state index contributed by atoms with van der Waals surface area (Å²) in [4.78, 5) is 17.3. The van der Waals surface area contributed by atoms with Gasteiger partial charge in [-0.05, 0) is 71.4 Å². The van der Waals surface area contributed by atoms with E-state index in [1.807, 2.05) is 42.5 Å². The third kappa shape index (κ3) is 6.03. The highest BCUT2D eigenvalue weighted by Gasteiger charge is 2.24. The van der Waals surface area contributed by atoms with Crippen LogP contribution in [0.25, 0.3) is 6.08 Å². The van der Waals surface area contributed by atoms with Gasteiger partial charge in [0.25, 0.3) is 5.91 Å². The maximum atomic E-state index is 12.4. The van der Waals surface area contributed by atoms with Crippen molar-refractivity contribution in [2.75, 3.05) is 7.11 Å². The molecule has 0 unspecified atom stereocenters. The van der Waals surface area contributed by atoms with Gasteiger partial charge in [0.1, 0.15) is 6.61 Å². The van der Waals surface area contributed by atoms with Crippen molar-refractivity contribution in [2.24, 2.45) is 4.99 Å². The van der Waals surface area contributed by atoms with Crippen LogP contribution >= 0.6 is 46.6 Å². The second-order valence-corrected chi connectivity index (χ2v) is 9.19. The summed E-state index contributed by atoms with van der Waals surface area (Å²) in [5.41, 5.74) is 2.37. The summed E-state index contributed by atoms with van der Waals surface area (Å²) in [5, 5.41) is 4.73. The first kappa shape index (κ1) is 23.5. The first-order valence-corrected chi connectivity index (χ1v) is 11.7. The van der Waals surface area contributed by atoms with Gasteiger partial charge in [-0.25, -0.2) is 4.99 Å². The van der Waals surface area contributed by atoms with Crippen molar-refractivity contribution in [1.29, 1.82) is 0 Å². The maximum Gasteiger partial charge on any atom is 0.264 e. The summed E-state index contributed by atoms with van der Waals surface area (Å²) >= 11 is 19.1. The number of ether oxygens (including phenoxy) is 2. The number of carbonyl (C=O) groups is 1. The molecule has 33 heavy (non-hydrogen) atoms. The van der Waals surface area contributed by atoms with Gasteiger partial charge in [-0.1, -0.05) is 53.0 Å². The summed E-state index contributed by atoms with van der Waals surface area (Å²) in [6.07, 6.45) is 1.77. The number of methoxy groups -OCH3 is 1. The van der Waals surface area contributed by atoms with Crippen LogP contribution < -0.4 is 14.8 Å². The average molecular weight is 520 g/mol. The Kier molecular flexibility index (Phi) is 7.50. The molecular weight excluding hydrogens is 503 g/mol. The molecule has 3 aromatic carbocycles. The molecule has 168 valence electrons. The molecule has 1 heterocycles. The molecule has 1 aliphatic heterocycles. The Balaban J connectivity index is 1.48. The lowest BCUT2D eigenvalue weighted by molar-refractivity contribution is -0.115. The minimum atomic E-state index is -0.235. The molecule has 0 spiro atoms. The van der Waals surface area contributed by atoms with Gasteiger partial charge in [0.2, 0.25) is 0 Å². The number of nitrogens with zero attached hydrogens (tertiary/aromatic N) is 1. The van der Waals surface area contributed by atoms with E-state index < -0.39 is 0 Å². The molecule has 0 aromatic heterocycles. The standard InChI is InChI=1S/C24H17Cl3N2O3S/c1-31-21-10-15(4-9-20(21)32-13-14-2-5-16(25)6-3-14)11-22-23(30)29-24(33-22)28-17-7-8-18(26)19(27)12-17/h2-12H,13H2,1H3,(H,28,29,30)/b22-11-. The topological polar surface area (TPSA) is 59.9 Å². The van der Waals surface area contributed by atoms with Crippen molar-refractivity contribution in [3.05, 3.63) is 91.8 Å². The van der Waals surface area contributed by atoms with Gasteiger partial charge >= 0.3 is 0 Å². The molecule has 1 aliphatic rings. The van der Waals surface area contributed by atoms with Crippen LogP contribution in [0.2, 0.25) is 15.1 Å². The number of rotatable bonds is 6. The number of amidine groups is 1. The van der Waals surface area contributed by atoms with Gasteiger partial charge in [-0.2, -0.15) is 0 Å². The number of nitrogens with one attached hydrogen (secondary N) is 1. The lowest BCUT2D eigenvalue weighted by Crippen LogP contribution is -2.19. The van der Waals surface area contributed by atoms with E-state index in [1.165, 1.54) is 11.8 Å². The first-order chi connectivity index (χ1) is 15.9. The van der Waals surface area contributed by atoms with Crippen LogP contribution in [0.15, 0.2) is 70.6 Å². The Morgan fingerprint density at radius 1 is 0.970 bits per heavy atom. The van der Waals surface area contributed by atoms with E-state index >= 15 is 0 Å². The number of carbonyl (C=O) groups excluding carboxylic acids is 1.